The molecule has 0 aromatic heterocycles. The number of thioether (sulfide) groups is 1. The number of hydrazine groups is 1. The van der Waals surface area contributed by atoms with E-state index in [4.69, 9.17) is 0 Å². The van der Waals surface area contributed by atoms with Crippen molar-refractivity contribution in [2.24, 2.45) is 0 Å². The normalized spacial score (nSPS) is 16.1. The number of hydrogen-bond acceptors (Lipinski definition) is 3. The number of β-lactam (4-membered cyclic amide) rings is 1. The number of amides is 2. The molecule has 1 aliphatic rings. The molecule has 2 aromatic rings. The molecular weight excluding hydrogens is 356 g/mol. The summed E-state index contributed by atoms with van der Waals surface area (Å²) in [7, 11) is 0. The Labute approximate surface area is 165 Å². The lowest BCUT2D eigenvalue weighted by atomic mass is 10.1. The van der Waals surface area contributed by atoms with Crippen LogP contribution in [0.1, 0.15) is 37.3 Å². The van der Waals surface area contributed by atoms with E-state index in [9.17, 15) is 9.59 Å². The van der Waals surface area contributed by atoms with Gasteiger partial charge in [-0.2, -0.15) is 0 Å². The van der Waals surface area contributed by atoms with Crippen LogP contribution < -0.4 is 0 Å². The first-order valence-electron chi connectivity index (χ1n) is 9.44. The third-order valence-corrected chi connectivity index (χ3v) is 5.97. The molecular formula is C22H26N2O2S. The Bertz CT molecular complexity index is 751. The third-order valence-electron chi connectivity index (χ3n) is 4.71. The summed E-state index contributed by atoms with van der Waals surface area (Å²) < 4.78 is 0. The molecule has 1 fully saturated rings. The van der Waals surface area contributed by atoms with Gasteiger partial charge in [0.1, 0.15) is 5.37 Å². The van der Waals surface area contributed by atoms with Crippen molar-refractivity contribution in [2.75, 3.05) is 6.54 Å². The smallest absolute Gasteiger partial charge is 0.245 e. The highest BCUT2D eigenvalue weighted by atomic mass is 32.2. The van der Waals surface area contributed by atoms with Crippen LogP contribution in [0.25, 0.3) is 0 Å². The van der Waals surface area contributed by atoms with Crippen molar-refractivity contribution < 1.29 is 9.59 Å². The van der Waals surface area contributed by atoms with E-state index >= 15 is 0 Å². The van der Waals surface area contributed by atoms with Crippen molar-refractivity contribution in [3.8, 4) is 0 Å². The summed E-state index contributed by atoms with van der Waals surface area (Å²) in [6, 6.07) is 20.6. The molecule has 142 valence electrons. The second-order valence-electron chi connectivity index (χ2n) is 6.78. The highest BCUT2D eigenvalue weighted by molar-refractivity contribution is 7.99. The summed E-state index contributed by atoms with van der Waals surface area (Å²) in [6.07, 6.45) is 3.38. The lowest BCUT2D eigenvalue weighted by Gasteiger charge is -2.46. The maximum Gasteiger partial charge on any atom is 0.245 e. The molecule has 5 heteroatoms. The molecule has 1 unspecified atom stereocenters. The van der Waals surface area contributed by atoms with Gasteiger partial charge in [0.05, 0.1) is 6.42 Å². The minimum absolute atomic E-state index is 0.0406. The quantitative estimate of drug-likeness (QED) is 0.480. The summed E-state index contributed by atoms with van der Waals surface area (Å²) in [5.74, 6) is 0.821. The lowest BCUT2D eigenvalue weighted by Crippen LogP contribution is -2.61. The molecule has 0 aliphatic carbocycles. The van der Waals surface area contributed by atoms with Gasteiger partial charge in [-0.3, -0.25) is 14.6 Å². The van der Waals surface area contributed by atoms with Gasteiger partial charge in [-0.25, -0.2) is 5.01 Å². The molecule has 1 atom stereocenters. The van der Waals surface area contributed by atoms with Crippen LogP contribution in [0, 0.1) is 0 Å². The van der Waals surface area contributed by atoms with Crippen molar-refractivity contribution >= 4 is 23.6 Å². The van der Waals surface area contributed by atoms with Crippen LogP contribution in [0.3, 0.4) is 0 Å². The number of unbranched alkanes of at least 4 members (excludes halogenated alkanes) is 1. The zero-order valence-electron chi connectivity index (χ0n) is 15.7. The second-order valence-corrected chi connectivity index (χ2v) is 7.94. The monoisotopic (exact) mass is 382 g/mol. The number of carbonyl (C=O) groups is 2. The summed E-state index contributed by atoms with van der Waals surface area (Å²) in [5.41, 5.74) is 2.54. The van der Waals surface area contributed by atoms with Crippen molar-refractivity contribution in [3.63, 3.8) is 0 Å². The van der Waals surface area contributed by atoms with E-state index in [1.54, 1.807) is 28.7 Å². The average Bonchev–Trinajstić information content (AvgIpc) is 2.68. The van der Waals surface area contributed by atoms with Crippen LogP contribution in [0.2, 0.25) is 0 Å². The van der Waals surface area contributed by atoms with Crippen molar-refractivity contribution in [1.82, 2.24) is 10.0 Å². The zero-order valence-corrected chi connectivity index (χ0v) is 16.5. The lowest BCUT2D eigenvalue weighted by molar-refractivity contribution is -0.177. The van der Waals surface area contributed by atoms with Crippen molar-refractivity contribution in [1.29, 1.82) is 0 Å². The van der Waals surface area contributed by atoms with E-state index in [0.717, 1.165) is 25.0 Å². The van der Waals surface area contributed by atoms with Gasteiger partial charge >= 0.3 is 0 Å². The molecule has 27 heavy (non-hydrogen) atoms. The van der Waals surface area contributed by atoms with Gasteiger partial charge in [-0.15, -0.1) is 11.8 Å². The predicted molar refractivity (Wildman–Crippen MR) is 110 cm³/mol. The van der Waals surface area contributed by atoms with Gasteiger partial charge in [0.15, 0.2) is 0 Å². The molecule has 0 saturated carbocycles. The van der Waals surface area contributed by atoms with Crippen LogP contribution in [0.5, 0.6) is 0 Å². The first kappa shape index (κ1) is 19.5. The van der Waals surface area contributed by atoms with Crippen LogP contribution in [0.4, 0.5) is 0 Å². The Kier molecular flexibility index (Phi) is 6.93. The van der Waals surface area contributed by atoms with E-state index in [-0.39, 0.29) is 17.2 Å². The molecule has 0 spiro atoms. The Balaban J connectivity index is 1.50. The Morgan fingerprint density at radius 2 is 1.67 bits per heavy atom. The number of rotatable bonds is 9. The molecule has 0 N–H and O–H groups in total. The van der Waals surface area contributed by atoms with E-state index in [1.807, 2.05) is 36.4 Å². The fourth-order valence-electron chi connectivity index (χ4n) is 3.22. The van der Waals surface area contributed by atoms with E-state index in [1.165, 1.54) is 11.1 Å². The molecule has 0 bridgehead atoms. The molecule has 3 rings (SSSR count). The molecule has 2 aromatic carbocycles. The average molecular weight is 383 g/mol. The zero-order chi connectivity index (χ0) is 19.1. The molecule has 4 nitrogen and oxygen atoms in total. The summed E-state index contributed by atoms with van der Waals surface area (Å²) in [4.78, 5) is 24.3. The highest BCUT2D eigenvalue weighted by Gasteiger charge is 2.41. The number of hydrogen-bond donors (Lipinski definition) is 0. The van der Waals surface area contributed by atoms with Gasteiger partial charge in [0.25, 0.3) is 0 Å². The topological polar surface area (TPSA) is 40.6 Å². The SMILES string of the molecule is CC(=O)N(CCCCc1ccccc1)N1C(=O)CC1SCc1ccccc1. The van der Waals surface area contributed by atoms with E-state index < -0.39 is 0 Å². The van der Waals surface area contributed by atoms with Crippen LogP contribution >= 0.6 is 11.8 Å². The molecule has 1 saturated heterocycles. The van der Waals surface area contributed by atoms with Gasteiger partial charge in [-0.05, 0) is 30.4 Å². The Morgan fingerprint density at radius 1 is 1.04 bits per heavy atom. The maximum atomic E-state index is 12.2. The number of carbonyl (C=O) groups excluding carboxylic acids is 2. The summed E-state index contributed by atoms with van der Waals surface area (Å²) >= 11 is 1.72. The third kappa shape index (κ3) is 5.36. The van der Waals surface area contributed by atoms with Crippen LogP contribution in [0.15, 0.2) is 60.7 Å². The van der Waals surface area contributed by atoms with Gasteiger partial charge in [0.2, 0.25) is 11.8 Å². The van der Waals surface area contributed by atoms with Crippen LogP contribution in [-0.4, -0.2) is 33.8 Å². The van der Waals surface area contributed by atoms with Crippen LogP contribution in [-0.2, 0) is 21.8 Å². The fourth-order valence-corrected chi connectivity index (χ4v) is 4.43. The van der Waals surface area contributed by atoms with E-state index in [2.05, 4.69) is 24.3 Å². The minimum atomic E-state index is -0.0620. The Hall–Kier alpha value is -2.27. The van der Waals surface area contributed by atoms with Gasteiger partial charge in [-0.1, -0.05) is 60.7 Å². The highest BCUT2D eigenvalue weighted by Crippen LogP contribution is 2.33. The summed E-state index contributed by atoms with van der Waals surface area (Å²) in [6.45, 7) is 2.14. The molecule has 1 heterocycles. The maximum absolute atomic E-state index is 12.2. The fraction of sp³-hybridized carbons (Fsp3) is 0.364. The molecule has 1 aliphatic heterocycles. The molecule has 0 radical (unpaired) electrons. The standard InChI is InChI=1S/C22H26N2O2S/c1-18(25)23(15-9-8-12-19-10-4-2-5-11-19)24-21(26)16-22(24)27-17-20-13-6-3-7-14-20/h2-7,10-11,13-14,22H,8-9,12,15-17H2,1H3. The number of nitrogens with zero attached hydrogens (tertiary/aromatic N) is 2. The first-order chi connectivity index (χ1) is 13.1. The Morgan fingerprint density at radius 3 is 2.26 bits per heavy atom. The molecule has 2 amide bonds. The predicted octanol–water partition coefficient (Wildman–Crippen LogP) is 4.26. The van der Waals surface area contributed by atoms with Crippen molar-refractivity contribution in [2.45, 2.75) is 43.7 Å². The first-order valence-corrected chi connectivity index (χ1v) is 10.5. The van der Waals surface area contributed by atoms with Gasteiger partial charge < -0.3 is 0 Å². The number of aryl methyl sites for hydroxylation is 1. The second kappa shape index (κ2) is 9.60. The van der Waals surface area contributed by atoms with Gasteiger partial charge in [0, 0.05) is 19.2 Å². The largest absolute Gasteiger partial charge is 0.273 e. The number of benzene rings is 2. The minimum Gasteiger partial charge on any atom is -0.273 e. The van der Waals surface area contributed by atoms with Crippen molar-refractivity contribution in [3.05, 3.63) is 71.8 Å². The summed E-state index contributed by atoms with van der Waals surface area (Å²) in [5, 5.41) is 3.36. The van der Waals surface area contributed by atoms with E-state index in [0.29, 0.717) is 13.0 Å².